The van der Waals surface area contributed by atoms with Crippen molar-refractivity contribution in [3.05, 3.63) is 30.2 Å². The molecule has 1 amide bonds. The van der Waals surface area contributed by atoms with Crippen LogP contribution in [0.25, 0.3) is 11.5 Å². The van der Waals surface area contributed by atoms with Crippen molar-refractivity contribution < 1.29 is 19.1 Å². The lowest BCUT2D eigenvalue weighted by molar-refractivity contribution is -0.139. The average molecular weight is 289 g/mol. The molecular formula is C14H15N3O4. The smallest absolute Gasteiger partial charge is 0.326 e. The van der Waals surface area contributed by atoms with E-state index in [1.165, 1.54) is 12.3 Å². The van der Waals surface area contributed by atoms with Crippen molar-refractivity contribution in [3.8, 4) is 11.5 Å². The standard InChI is InChI=1S/C14H15N3O4/c18-13(15-11(14(19)20)6-8-3-4-8)10-7-9(16-17-10)12-2-1-5-21-12/h1-2,5,7-8,11H,3-4,6H2,(H,15,18)(H,16,17)(H,19,20). The number of hydrogen-bond acceptors (Lipinski definition) is 4. The number of aromatic nitrogens is 2. The summed E-state index contributed by atoms with van der Waals surface area (Å²) in [5.41, 5.74) is 0.711. The van der Waals surface area contributed by atoms with Gasteiger partial charge < -0.3 is 14.8 Å². The predicted molar refractivity (Wildman–Crippen MR) is 72.5 cm³/mol. The maximum Gasteiger partial charge on any atom is 0.326 e. The van der Waals surface area contributed by atoms with Crippen LogP contribution in [0.2, 0.25) is 0 Å². The molecule has 110 valence electrons. The first kappa shape index (κ1) is 13.4. The van der Waals surface area contributed by atoms with Gasteiger partial charge in [-0.3, -0.25) is 9.89 Å². The van der Waals surface area contributed by atoms with Crippen LogP contribution in [0.1, 0.15) is 29.8 Å². The zero-order valence-electron chi connectivity index (χ0n) is 11.2. The SMILES string of the molecule is O=C(NC(CC1CC1)C(=O)O)c1cc(-c2ccco2)[nH]n1. The van der Waals surface area contributed by atoms with E-state index in [1.807, 2.05) is 0 Å². The number of furan rings is 1. The van der Waals surface area contributed by atoms with Gasteiger partial charge in [-0.05, 0) is 24.5 Å². The molecule has 7 heteroatoms. The number of nitrogens with zero attached hydrogens (tertiary/aromatic N) is 1. The van der Waals surface area contributed by atoms with Crippen LogP contribution in [0.3, 0.4) is 0 Å². The number of carbonyl (C=O) groups is 2. The topological polar surface area (TPSA) is 108 Å². The molecule has 0 saturated heterocycles. The minimum atomic E-state index is -1.02. The van der Waals surface area contributed by atoms with Gasteiger partial charge in [0.25, 0.3) is 5.91 Å². The largest absolute Gasteiger partial charge is 0.480 e. The van der Waals surface area contributed by atoms with E-state index in [0.717, 1.165) is 12.8 Å². The van der Waals surface area contributed by atoms with Gasteiger partial charge in [0.15, 0.2) is 11.5 Å². The lowest BCUT2D eigenvalue weighted by atomic mass is 10.1. The van der Waals surface area contributed by atoms with Crippen LogP contribution in [0, 0.1) is 5.92 Å². The third kappa shape index (κ3) is 3.13. The molecule has 1 aliphatic carbocycles. The summed E-state index contributed by atoms with van der Waals surface area (Å²) in [4.78, 5) is 23.2. The van der Waals surface area contributed by atoms with Gasteiger partial charge in [-0.2, -0.15) is 5.10 Å². The summed E-state index contributed by atoms with van der Waals surface area (Å²) < 4.78 is 5.20. The van der Waals surface area contributed by atoms with Gasteiger partial charge in [0.1, 0.15) is 11.7 Å². The number of nitrogens with one attached hydrogen (secondary N) is 2. The van der Waals surface area contributed by atoms with Gasteiger partial charge in [0.05, 0.1) is 6.26 Å². The summed E-state index contributed by atoms with van der Waals surface area (Å²) in [5, 5.41) is 18.2. The molecule has 0 aliphatic heterocycles. The van der Waals surface area contributed by atoms with E-state index in [0.29, 0.717) is 23.8 Å². The molecule has 0 spiro atoms. The molecular weight excluding hydrogens is 274 g/mol. The van der Waals surface area contributed by atoms with Gasteiger partial charge >= 0.3 is 5.97 Å². The van der Waals surface area contributed by atoms with Crippen LogP contribution in [-0.2, 0) is 4.79 Å². The first-order chi connectivity index (χ1) is 10.1. The second kappa shape index (κ2) is 5.43. The van der Waals surface area contributed by atoms with E-state index in [9.17, 15) is 9.59 Å². The summed E-state index contributed by atoms with van der Waals surface area (Å²) in [6, 6.07) is 4.13. The lowest BCUT2D eigenvalue weighted by Crippen LogP contribution is -2.41. The highest BCUT2D eigenvalue weighted by molar-refractivity contribution is 5.95. The van der Waals surface area contributed by atoms with Crippen LogP contribution >= 0.6 is 0 Å². The normalized spacial score (nSPS) is 15.6. The van der Waals surface area contributed by atoms with E-state index in [2.05, 4.69) is 15.5 Å². The maximum absolute atomic E-state index is 12.1. The Morgan fingerprint density at radius 3 is 2.95 bits per heavy atom. The zero-order chi connectivity index (χ0) is 14.8. The number of H-pyrrole nitrogens is 1. The fourth-order valence-electron chi connectivity index (χ4n) is 2.14. The molecule has 2 aromatic rings. The Kier molecular flexibility index (Phi) is 3.47. The second-order valence-corrected chi connectivity index (χ2v) is 5.19. The minimum Gasteiger partial charge on any atom is -0.480 e. The number of carboxylic acids is 1. The molecule has 1 atom stereocenters. The van der Waals surface area contributed by atoms with Crippen molar-refractivity contribution in [2.24, 2.45) is 5.92 Å². The number of carbonyl (C=O) groups excluding carboxylic acids is 1. The van der Waals surface area contributed by atoms with Gasteiger partial charge in [0, 0.05) is 6.07 Å². The number of rotatable bonds is 6. The van der Waals surface area contributed by atoms with E-state index < -0.39 is 17.9 Å². The summed E-state index contributed by atoms with van der Waals surface area (Å²) in [5.74, 6) is -0.548. The third-order valence-electron chi connectivity index (χ3n) is 3.47. The van der Waals surface area contributed by atoms with Crippen molar-refractivity contribution in [2.45, 2.75) is 25.3 Å². The van der Waals surface area contributed by atoms with Crippen LogP contribution in [-0.4, -0.2) is 33.2 Å². The van der Waals surface area contributed by atoms with Gasteiger partial charge in [0.2, 0.25) is 0 Å². The van der Waals surface area contributed by atoms with Crippen molar-refractivity contribution in [2.75, 3.05) is 0 Å². The fourth-order valence-corrected chi connectivity index (χ4v) is 2.14. The van der Waals surface area contributed by atoms with Crippen molar-refractivity contribution >= 4 is 11.9 Å². The molecule has 1 aliphatic rings. The molecule has 2 aromatic heterocycles. The highest BCUT2D eigenvalue weighted by Gasteiger charge is 2.30. The molecule has 3 rings (SSSR count). The molecule has 2 heterocycles. The summed E-state index contributed by atoms with van der Waals surface area (Å²) in [6.07, 6.45) is 4.05. The van der Waals surface area contributed by atoms with Crippen molar-refractivity contribution in [1.82, 2.24) is 15.5 Å². The predicted octanol–water partition coefficient (Wildman–Crippen LogP) is 1.65. The number of amides is 1. The van der Waals surface area contributed by atoms with E-state index >= 15 is 0 Å². The first-order valence-corrected chi connectivity index (χ1v) is 6.76. The highest BCUT2D eigenvalue weighted by atomic mass is 16.4. The molecule has 7 nitrogen and oxygen atoms in total. The molecule has 1 fully saturated rings. The Bertz CT molecular complexity index is 643. The molecule has 0 radical (unpaired) electrons. The Morgan fingerprint density at radius 1 is 1.52 bits per heavy atom. The Morgan fingerprint density at radius 2 is 2.33 bits per heavy atom. The number of carboxylic acid groups (broad SMARTS) is 1. The second-order valence-electron chi connectivity index (χ2n) is 5.19. The van der Waals surface area contributed by atoms with Crippen LogP contribution in [0.5, 0.6) is 0 Å². The van der Waals surface area contributed by atoms with Crippen LogP contribution in [0.4, 0.5) is 0 Å². The van der Waals surface area contributed by atoms with Gasteiger partial charge in [-0.15, -0.1) is 0 Å². The lowest BCUT2D eigenvalue weighted by Gasteiger charge is -2.12. The Hall–Kier alpha value is -2.57. The monoisotopic (exact) mass is 289 g/mol. The van der Waals surface area contributed by atoms with Crippen LogP contribution in [0.15, 0.2) is 28.9 Å². The molecule has 0 bridgehead atoms. The van der Waals surface area contributed by atoms with Gasteiger partial charge in [-0.25, -0.2) is 4.79 Å². The molecule has 1 unspecified atom stereocenters. The van der Waals surface area contributed by atoms with E-state index in [4.69, 9.17) is 9.52 Å². The molecule has 1 saturated carbocycles. The number of hydrogen-bond donors (Lipinski definition) is 3. The summed E-state index contributed by atoms with van der Waals surface area (Å²) in [6.45, 7) is 0. The third-order valence-corrected chi connectivity index (χ3v) is 3.47. The zero-order valence-corrected chi connectivity index (χ0v) is 11.2. The van der Waals surface area contributed by atoms with Gasteiger partial charge in [-0.1, -0.05) is 12.8 Å². The highest BCUT2D eigenvalue weighted by Crippen LogP contribution is 2.33. The molecule has 0 aromatic carbocycles. The van der Waals surface area contributed by atoms with E-state index in [1.54, 1.807) is 12.1 Å². The van der Waals surface area contributed by atoms with Crippen molar-refractivity contribution in [1.29, 1.82) is 0 Å². The number of aliphatic carboxylic acids is 1. The summed E-state index contributed by atoms with van der Waals surface area (Å²) in [7, 11) is 0. The maximum atomic E-state index is 12.1. The fraction of sp³-hybridized carbons (Fsp3) is 0.357. The first-order valence-electron chi connectivity index (χ1n) is 6.76. The van der Waals surface area contributed by atoms with Crippen LogP contribution < -0.4 is 5.32 Å². The average Bonchev–Trinajstić information content (AvgIpc) is 2.97. The number of aromatic amines is 1. The minimum absolute atomic E-state index is 0.142. The quantitative estimate of drug-likeness (QED) is 0.749. The summed E-state index contributed by atoms with van der Waals surface area (Å²) >= 11 is 0. The molecule has 3 N–H and O–H groups in total. The Labute approximate surface area is 120 Å². The Balaban J connectivity index is 1.68. The van der Waals surface area contributed by atoms with E-state index in [-0.39, 0.29) is 5.69 Å². The molecule has 21 heavy (non-hydrogen) atoms. The van der Waals surface area contributed by atoms with Crippen molar-refractivity contribution in [3.63, 3.8) is 0 Å².